The second-order valence-corrected chi connectivity index (χ2v) is 5.19. The van der Waals surface area contributed by atoms with Crippen LogP contribution in [0.1, 0.15) is 22.0 Å². The lowest BCUT2D eigenvalue weighted by Gasteiger charge is -2.27. The fourth-order valence-electron chi connectivity index (χ4n) is 2.66. The van der Waals surface area contributed by atoms with Crippen LogP contribution in [0.3, 0.4) is 0 Å². The lowest BCUT2D eigenvalue weighted by atomic mass is 10.1. The number of methoxy groups -OCH3 is 1. The van der Waals surface area contributed by atoms with Gasteiger partial charge in [0.2, 0.25) is 6.79 Å². The molecule has 6 nitrogen and oxygen atoms in total. The summed E-state index contributed by atoms with van der Waals surface area (Å²) in [7, 11) is 1.51. The van der Waals surface area contributed by atoms with Crippen LogP contribution < -0.4 is 23.7 Å². The minimum Gasteiger partial charge on any atom is -0.496 e. The van der Waals surface area contributed by atoms with Crippen LogP contribution in [-0.2, 0) is 0 Å². The number of aldehydes is 1. The molecular formula is C17H14O6. The molecule has 0 aromatic heterocycles. The van der Waals surface area contributed by atoms with E-state index in [-0.39, 0.29) is 12.9 Å². The van der Waals surface area contributed by atoms with Crippen molar-refractivity contribution in [3.63, 3.8) is 0 Å². The van der Waals surface area contributed by atoms with E-state index >= 15 is 0 Å². The molecule has 6 heteroatoms. The molecule has 118 valence electrons. The predicted molar refractivity (Wildman–Crippen MR) is 79.8 cm³/mol. The van der Waals surface area contributed by atoms with Gasteiger partial charge in [-0.1, -0.05) is 6.07 Å². The zero-order valence-corrected chi connectivity index (χ0v) is 12.4. The van der Waals surface area contributed by atoms with E-state index in [1.807, 2.05) is 18.2 Å². The zero-order chi connectivity index (χ0) is 15.8. The molecule has 0 aliphatic carbocycles. The van der Waals surface area contributed by atoms with Crippen LogP contribution in [0.4, 0.5) is 0 Å². The van der Waals surface area contributed by atoms with E-state index in [2.05, 4.69) is 0 Å². The van der Waals surface area contributed by atoms with Gasteiger partial charge in [0.05, 0.1) is 12.7 Å². The molecule has 2 aromatic carbocycles. The molecule has 0 radical (unpaired) electrons. The van der Waals surface area contributed by atoms with Gasteiger partial charge in [0.15, 0.2) is 35.4 Å². The summed E-state index contributed by atoms with van der Waals surface area (Å²) in [6.45, 7) is 0.576. The number of ether oxygens (including phenoxy) is 5. The summed E-state index contributed by atoms with van der Waals surface area (Å²) >= 11 is 0. The zero-order valence-electron chi connectivity index (χ0n) is 12.4. The molecule has 0 saturated heterocycles. The Hall–Kier alpha value is -2.89. The number of benzene rings is 2. The quantitative estimate of drug-likeness (QED) is 0.812. The Kier molecular flexibility index (Phi) is 3.22. The van der Waals surface area contributed by atoms with Gasteiger partial charge in [0.25, 0.3) is 0 Å². The first-order valence-electron chi connectivity index (χ1n) is 7.14. The van der Waals surface area contributed by atoms with Gasteiger partial charge >= 0.3 is 0 Å². The SMILES string of the molecule is COc1cc2c(cc1C=O)OC[C@@H](c1ccc3c(c1)OCO3)O2. The Labute approximate surface area is 132 Å². The monoisotopic (exact) mass is 314 g/mol. The topological polar surface area (TPSA) is 63.2 Å². The van der Waals surface area contributed by atoms with Crippen molar-refractivity contribution in [2.24, 2.45) is 0 Å². The highest BCUT2D eigenvalue weighted by molar-refractivity contribution is 5.81. The second kappa shape index (κ2) is 5.39. The van der Waals surface area contributed by atoms with E-state index in [0.717, 1.165) is 17.6 Å². The maximum Gasteiger partial charge on any atom is 0.231 e. The molecule has 0 unspecified atom stereocenters. The van der Waals surface area contributed by atoms with E-state index < -0.39 is 0 Å². The van der Waals surface area contributed by atoms with Crippen molar-refractivity contribution in [1.82, 2.24) is 0 Å². The van der Waals surface area contributed by atoms with Crippen molar-refractivity contribution in [3.05, 3.63) is 41.5 Å². The average molecular weight is 314 g/mol. The summed E-state index contributed by atoms with van der Waals surface area (Å²) < 4.78 is 27.6. The summed E-state index contributed by atoms with van der Waals surface area (Å²) in [5.74, 6) is 2.95. The van der Waals surface area contributed by atoms with Gasteiger partial charge < -0.3 is 23.7 Å². The molecule has 0 N–H and O–H groups in total. The van der Waals surface area contributed by atoms with E-state index in [9.17, 15) is 4.79 Å². The highest BCUT2D eigenvalue weighted by atomic mass is 16.7. The fraction of sp³-hybridized carbons (Fsp3) is 0.235. The van der Waals surface area contributed by atoms with Gasteiger partial charge in [0.1, 0.15) is 12.4 Å². The van der Waals surface area contributed by atoms with E-state index in [4.69, 9.17) is 23.7 Å². The summed E-state index contributed by atoms with van der Waals surface area (Å²) in [5.41, 5.74) is 1.36. The largest absolute Gasteiger partial charge is 0.496 e. The van der Waals surface area contributed by atoms with E-state index in [1.165, 1.54) is 7.11 Å². The average Bonchev–Trinajstić information content (AvgIpc) is 3.07. The van der Waals surface area contributed by atoms with Crippen molar-refractivity contribution in [2.75, 3.05) is 20.5 Å². The summed E-state index contributed by atoms with van der Waals surface area (Å²) in [6.07, 6.45) is 0.454. The molecule has 2 heterocycles. The Balaban J connectivity index is 1.64. The molecule has 2 aliphatic rings. The number of hydrogen-bond donors (Lipinski definition) is 0. The summed E-state index contributed by atoms with van der Waals surface area (Å²) in [6, 6.07) is 8.95. The number of rotatable bonds is 3. The van der Waals surface area contributed by atoms with Crippen LogP contribution in [0.2, 0.25) is 0 Å². The molecular weight excluding hydrogens is 300 g/mol. The first kappa shape index (κ1) is 13.8. The maximum absolute atomic E-state index is 11.1. The van der Waals surface area contributed by atoms with Crippen LogP contribution in [0.15, 0.2) is 30.3 Å². The third-order valence-corrected chi connectivity index (χ3v) is 3.85. The third-order valence-electron chi connectivity index (χ3n) is 3.85. The Morgan fingerprint density at radius 1 is 1.04 bits per heavy atom. The van der Waals surface area contributed by atoms with Crippen LogP contribution in [0.25, 0.3) is 0 Å². The van der Waals surface area contributed by atoms with Crippen LogP contribution in [0.5, 0.6) is 28.7 Å². The molecule has 0 amide bonds. The van der Waals surface area contributed by atoms with E-state index in [1.54, 1.807) is 12.1 Å². The summed E-state index contributed by atoms with van der Waals surface area (Å²) in [4.78, 5) is 11.1. The molecule has 0 saturated carbocycles. The van der Waals surface area contributed by atoms with Gasteiger partial charge in [0, 0.05) is 6.07 Å². The van der Waals surface area contributed by atoms with Crippen LogP contribution in [0, 0.1) is 0 Å². The molecule has 0 fully saturated rings. The highest BCUT2D eigenvalue weighted by Crippen LogP contribution is 2.42. The van der Waals surface area contributed by atoms with Crippen molar-refractivity contribution < 1.29 is 28.5 Å². The first-order valence-corrected chi connectivity index (χ1v) is 7.14. The number of carbonyl (C=O) groups is 1. The Morgan fingerprint density at radius 3 is 2.70 bits per heavy atom. The van der Waals surface area contributed by atoms with E-state index in [0.29, 0.717) is 35.2 Å². The normalized spacial score (nSPS) is 17.7. The maximum atomic E-state index is 11.1. The van der Waals surface area contributed by atoms with Crippen molar-refractivity contribution in [3.8, 4) is 28.7 Å². The first-order chi connectivity index (χ1) is 11.3. The molecule has 4 rings (SSSR count). The standard InChI is InChI=1S/C17H14O6/c1-19-13-6-16-15(5-11(13)7-18)20-8-17(23-16)10-2-3-12-14(4-10)22-9-21-12/h2-7,17H,8-9H2,1H3/t17-/m0/s1. The molecule has 2 aromatic rings. The van der Waals surface area contributed by atoms with Gasteiger partial charge in [-0.2, -0.15) is 0 Å². The van der Waals surface area contributed by atoms with Crippen LogP contribution in [-0.4, -0.2) is 26.8 Å². The Morgan fingerprint density at radius 2 is 1.87 bits per heavy atom. The summed E-state index contributed by atoms with van der Waals surface area (Å²) in [5, 5.41) is 0. The number of carbonyl (C=O) groups excluding carboxylic acids is 1. The van der Waals surface area contributed by atoms with Crippen molar-refractivity contribution in [1.29, 1.82) is 0 Å². The van der Waals surface area contributed by atoms with Crippen molar-refractivity contribution in [2.45, 2.75) is 6.10 Å². The predicted octanol–water partition coefficient (Wildman–Crippen LogP) is 2.75. The minimum atomic E-state index is -0.274. The number of fused-ring (bicyclic) bond motifs is 2. The molecule has 2 aliphatic heterocycles. The highest BCUT2D eigenvalue weighted by Gasteiger charge is 2.26. The second-order valence-electron chi connectivity index (χ2n) is 5.19. The fourth-order valence-corrected chi connectivity index (χ4v) is 2.66. The minimum absolute atomic E-state index is 0.231. The van der Waals surface area contributed by atoms with Crippen molar-refractivity contribution >= 4 is 6.29 Å². The van der Waals surface area contributed by atoms with Gasteiger partial charge in [-0.05, 0) is 23.8 Å². The van der Waals surface area contributed by atoms with Gasteiger partial charge in [-0.3, -0.25) is 4.79 Å². The van der Waals surface area contributed by atoms with Crippen LogP contribution >= 0.6 is 0 Å². The Bertz CT molecular complexity index is 770. The van der Waals surface area contributed by atoms with Gasteiger partial charge in [-0.15, -0.1) is 0 Å². The molecule has 0 spiro atoms. The number of hydrogen-bond acceptors (Lipinski definition) is 6. The molecule has 23 heavy (non-hydrogen) atoms. The molecule has 1 atom stereocenters. The lowest BCUT2D eigenvalue weighted by molar-refractivity contribution is 0.0903. The molecule has 0 bridgehead atoms. The smallest absolute Gasteiger partial charge is 0.231 e. The third kappa shape index (κ3) is 2.32. The van der Waals surface area contributed by atoms with Gasteiger partial charge in [-0.25, -0.2) is 0 Å². The lowest BCUT2D eigenvalue weighted by Crippen LogP contribution is -2.21.